The summed E-state index contributed by atoms with van der Waals surface area (Å²) < 4.78 is 18.4. The molecule has 2 rings (SSSR count). The Morgan fingerprint density at radius 1 is 1.58 bits per heavy atom. The molecule has 2 N–H and O–H groups in total. The molecule has 1 atom stereocenters. The first-order valence-electron chi connectivity index (χ1n) is 6.39. The molecule has 1 aliphatic heterocycles. The molecule has 0 amide bonds. The summed E-state index contributed by atoms with van der Waals surface area (Å²) in [7, 11) is 1.73. The first-order valence-corrected chi connectivity index (χ1v) is 6.80. The fourth-order valence-electron chi connectivity index (χ4n) is 2.59. The molecule has 5 heteroatoms. The molecule has 1 unspecified atom stereocenters. The Labute approximate surface area is 118 Å². The summed E-state index contributed by atoms with van der Waals surface area (Å²) in [6.07, 6.45) is 1.14. The van der Waals surface area contributed by atoms with Gasteiger partial charge >= 0.3 is 0 Å². The van der Waals surface area contributed by atoms with E-state index in [2.05, 4.69) is 4.90 Å². The van der Waals surface area contributed by atoms with E-state index in [1.165, 1.54) is 12.1 Å². The van der Waals surface area contributed by atoms with Crippen molar-refractivity contribution in [3.05, 3.63) is 35.1 Å². The summed E-state index contributed by atoms with van der Waals surface area (Å²) in [5, 5.41) is 0. The summed E-state index contributed by atoms with van der Waals surface area (Å²) in [6.45, 7) is 3.58. The van der Waals surface area contributed by atoms with Gasteiger partial charge in [0, 0.05) is 25.8 Å². The van der Waals surface area contributed by atoms with Crippen molar-refractivity contribution in [3.8, 4) is 0 Å². The summed E-state index contributed by atoms with van der Waals surface area (Å²) in [5.74, 6) is 0.281. The van der Waals surface area contributed by atoms with Crippen molar-refractivity contribution in [3.63, 3.8) is 0 Å². The van der Waals surface area contributed by atoms with Crippen molar-refractivity contribution >= 4 is 17.2 Å². The van der Waals surface area contributed by atoms with Crippen LogP contribution in [0.2, 0.25) is 0 Å². The minimum Gasteiger partial charge on any atom is -0.389 e. The Kier molecular flexibility index (Phi) is 4.85. The second-order valence-corrected chi connectivity index (χ2v) is 5.45. The quantitative estimate of drug-likeness (QED) is 0.838. The van der Waals surface area contributed by atoms with Gasteiger partial charge in [-0.3, -0.25) is 4.90 Å². The summed E-state index contributed by atoms with van der Waals surface area (Å²) >= 11 is 4.99. The lowest BCUT2D eigenvalue weighted by molar-refractivity contribution is 0.152. The van der Waals surface area contributed by atoms with Gasteiger partial charge in [0.1, 0.15) is 10.8 Å². The van der Waals surface area contributed by atoms with Gasteiger partial charge in [0.2, 0.25) is 0 Å². The Bertz CT molecular complexity index is 467. The Balaban J connectivity index is 2.05. The van der Waals surface area contributed by atoms with Crippen LogP contribution in [0.4, 0.5) is 4.39 Å². The molecule has 104 valence electrons. The first-order chi connectivity index (χ1) is 9.10. The lowest BCUT2D eigenvalue weighted by Crippen LogP contribution is -2.23. The predicted molar refractivity (Wildman–Crippen MR) is 77.5 cm³/mol. The molecule has 1 aromatic carbocycles. The van der Waals surface area contributed by atoms with E-state index >= 15 is 0 Å². The molecule has 1 aliphatic rings. The second-order valence-electron chi connectivity index (χ2n) is 5.01. The summed E-state index contributed by atoms with van der Waals surface area (Å²) in [4.78, 5) is 2.58. The number of nitrogens with two attached hydrogens (primary N) is 1. The number of benzene rings is 1. The minimum absolute atomic E-state index is 0.252. The van der Waals surface area contributed by atoms with Gasteiger partial charge in [-0.25, -0.2) is 4.39 Å². The van der Waals surface area contributed by atoms with Gasteiger partial charge in [0.25, 0.3) is 0 Å². The van der Waals surface area contributed by atoms with E-state index in [1.807, 2.05) is 0 Å². The van der Waals surface area contributed by atoms with Gasteiger partial charge in [-0.05, 0) is 36.6 Å². The third kappa shape index (κ3) is 3.72. The average Bonchev–Trinajstić information content (AvgIpc) is 2.79. The summed E-state index contributed by atoms with van der Waals surface area (Å²) in [6, 6.07) is 4.65. The molecule has 1 fully saturated rings. The SMILES string of the molecule is COCC1CCN(Cc2ccc(F)cc2C(N)=S)C1. The van der Waals surface area contributed by atoms with E-state index < -0.39 is 0 Å². The molecular formula is C14H19FN2OS. The van der Waals surface area contributed by atoms with E-state index in [0.29, 0.717) is 11.5 Å². The smallest absolute Gasteiger partial charge is 0.123 e. The molecule has 1 saturated heterocycles. The highest BCUT2D eigenvalue weighted by Gasteiger charge is 2.23. The van der Waals surface area contributed by atoms with Crippen molar-refractivity contribution in [2.45, 2.75) is 13.0 Å². The maximum Gasteiger partial charge on any atom is 0.123 e. The van der Waals surface area contributed by atoms with Crippen LogP contribution < -0.4 is 5.73 Å². The molecule has 1 aromatic rings. The Morgan fingerprint density at radius 2 is 2.37 bits per heavy atom. The van der Waals surface area contributed by atoms with Gasteiger partial charge in [-0.1, -0.05) is 18.3 Å². The highest BCUT2D eigenvalue weighted by atomic mass is 32.1. The number of ether oxygens (including phenoxy) is 1. The van der Waals surface area contributed by atoms with Crippen molar-refractivity contribution in [1.82, 2.24) is 4.90 Å². The normalized spacial score (nSPS) is 19.8. The maximum atomic E-state index is 13.2. The van der Waals surface area contributed by atoms with Gasteiger partial charge in [0.15, 0.2) is 0 Å². The van der Waals surface area contributed by atoms with Crippen LogP contribution in [0.3, 0.4) is 0 Å². The molecule has 0 bridgehead atoms. The average molecular weight is 282 g/mol. The van der Waals surface area contributed by atoms with Gasteiger partial charge in [-0.15, -0.1) is 0 Å². The van der Waals surface area contributed by atoms with Gasteiger partial charge in [-0.2, -0.15) is 0 Å². The van der Waals surface area contributed by atoms with Crippen LogP contribution in [0.1, 0.15) is 17.5 Å². The molecule has 0 aromatic heterocycles. The fraction of sp³-hybridized carbons (Fsp3) is 0.500. The van der Waals surface area contributed by atoms with Crippen LogP contribution in [0.25, 0.3) is 0 Å². The standard InChI is InChI=1S/C14H19FN2OS/c1-18-9-10-4-5-17(7-10)8-11-2-3-12(15)6-13(11)14(16)19/h2-3,6,10H,4-5,7-9H2,1H3,(H2,16,19). The van der Waals surface area contributed by atoms with Gasteiger partial charge < -0.3 is 10.5 Å². The van der Waals surface area contributed by atoms with Gasteiger partial charge in [0.05, 0.1) is 6.61 Å². The van der Waals surface area contributed by atoms with Crippen LogP contribution in [0, 0.1) is 11.7 Å². The highest BCUT2D eigenvalue weighted by Crippen LogP contribution is 2.21. The highest BCUT2D eigenvalue weighted by molar-refractivity contribution is 7.80. The lowest BCUT2D eigenvalue weighted by Gasteiger charge is -2.18. The number of halogens is 1. The topological polar surface area (TPSA) is 38.5 Å². The van der Waals surface area contributed by atoms with Crippen LogP contribution in [-0.2, 0) is 11.3 Å². The number of hydrogen-bond donors (Lipinski definition) is 1. The number of hydrogen-bond acceptors (Lipinski definition) is 3. The third-order valence-electron chi connectivity index (χ3n) is 3.50. The lowest BCUT2D eigenvalue weighted by atomic mass is 10.1. The number of rotatable bonds is 5. The summed E-state index contributed by atoms with van der Waals surface area (Å²) in [5.41, 5.74) is 7.30. The third-order valence-corrected chi connectivity index (χ3v) is 3.72. The van der Waals surface area contributed by atoms with Crippen LogP contribution >= 0.6 is 12.2 Å². The predicted octanol–water partition coefficient (Wildman–Crippen LogP) is 1.93. The van der Waals surface area contributed by atoms with Crippen LogP contribution in [0.5, 0.6) is 0 Å². The molecular weight excluding hydrogens is 263 g/mol. The van der Waals surface area contributed by atoms with E-state index in [-0.39, 0.29) is 10.8 Å². The molecule has 1 heterocycles. The Morgan fingerprint density at radius 3 is 3.05 bits per heavy atom. The molecule has 0 radical (unpaired) electrons. The van der Waals surface area contributed by atoms with E-state index in [4.69, 9.17) is 22.7 Å². The molecule has 0 spiro atoms. The first kappa shape index (κ1) is 14.4. The molecule has 3 nitrogen and oxygen atoms in total. The zero-order valence-corrected chi connectivity index (χ0v) is 11.9. The monoisotopic (exact) mass is 282 g/mol. The van der Waals surface area contributed by atoms with Crippen molar-refractivity contribution in [2.75, 3.05) is 26.8 Å². The van der Waals surface area contributed by atoms with Crippen LogP contribution in [0.15, 0.2) is 18.2 Å². The largest absolute Gasteiger partial charge is 0.389 e. The van der Waals surface area contributed by atoms with E-state index in [1.54, 1.807) is 13.2 Å². The second kappa shape index (κ2) is 6.41. The zero-order valence-electron chi connectivity index (χ0n) is 11.1. The zero-order chi connectivity index (χ0) is 13.8. The van der Waals surface area contributed by atoms with Crippen molar-refractivity contribution in [1.29, 1.82) is 0 Å². The minimum atomic E-state index is -0.301. The molecule has 19 heavy (non-hydrogen) atoms. The molecule has 0 aliphatic carbocycles. The van der Waals surface area contributed by atoms with Crippen molar-refractivity contribution < 1.29 is 9.13 Å². The maximum absolute atomic E-state index is 13.2. The van der Waals surface area contributed by atoms with E-state index in [0.717, 1.165) is 38.2 Å². The Hall–Kier alpha value is -1.04. The van der Waals surface area contributed by atoms with Crippen LogP contribution in [-0.4, -0.2) is 36.7 Å². The van der Waals surface area contributed by atoms with Crippen molar-refractivity contribution in [2.24, 2.45) is 11.7 Å². The number of likely N-dealkylation sites (tertiary alicyclic amines) is 1. The fourth-order valence-corrected chi connectivity index (χ4v) is 2.78. The number of nitrogens with zero attached hydrogens (tertiary/aromatic N) is 1. The van der Waals surface area contributed by atoms with E-state index in [9.17, 15) is 4.39 Å². The number of thiocarbonyl (C=S) groups is 1. The number of methoxy groups -OCH3 is 1. The molecule has 0 saturated carbocycles.